The molecule has 3 aromatic heterocycles. The van der Waals surface area contributed by atoms with Crippen LogP contribution >= 0.6 is 0 Å². The van der Waals surface area contributed by atoms with E-state index in [1.165, 1.54) is 21.1 Å². The number of aromatic amines is 1. The van der Waals surface area contributed by atoms with E-state index in [1.807, 2.05) is 18.2 Å². The first-order valence-corrected chi connectivity index (χ1v) is 10.9. The molecule has 0 saturated carbocycles. The van der Waals surface area contributed by atoms with Gasteiger partial charge < -0.3 is 10.3 Å². The van der Waals surface area contributed by atoms with Crippen molar-refractivity contribution in [1.29, 1.82) is 0 Å². The highest BCUT2D eigenvalue weighted by molar-refractivity contribution is 5.92. The molecule has 3 aromatic carbocycles. The average Bonchev–Trinajstić information content (AvgIpc) is 3.50. The maximum Gasteiger partial charge on any atom is 0.200 e. The normalized spacial score (nSPS) is 12.2. The van der Waals surface area contributed by atoms with Gasteiger partial charge in [-0.05, 0) is 45.3 Å². The van der Waals surface area contributed by atoms with Crippen LogP contribution in [-0.4, -0.2) is 36.8 Å². The van der Waals surface area contributed by atoms with E-state index in [1.54, 1.807) is 0 Å². The summed E-state index contributed by atoms with van der Waals surface area (Å²) in [5, 5.41) is 20.7. The van der Waals surface area contributed by atoms with Crippen LogP contribution < -0.4 is 5.32 Å². The van der Waals surface area contributed by atoms with E-state index in [2.05, 4.69) is 110 Å². The summed E-state index contributed by atoms with van der Waals surface area (Å²) in [4.78, 5) is 3.68. The molecule has 6 aromatic rings. The quantitative estimate of drug-likeness (QED) is 0.391. The summed E-state index contributed by atoms with van der Waals surface area (Å²) in [6, 6.07) is 33.3. The van der Waals surface area contributed by atoms with Gasteiger partial charge in [0.05, 0.1) is 5.69 Å². The lowest BCUT2D eigenvalue weighted by atomic mass is 9.87. The molecule has 0 fully saturated rings. The summed E-state index contributed by atoms with van der Waals surface area (Å²) >= 11 is 0. The number of aromatic nitrogens is 6. The molecule has 33 heavy (non-hydrogen) atoms. The van der Waals surface area contributed by atoms with Gasteiger partial charge in [0.1, 0.15) is 5.82 Å². The number of benzene rings is 3. The van der Waals surface area contributed by atoms with Crippen LogP contribution in [0.5, 0.6) is 0 Å². The fourth-order valence-corrected chi connectivity index (χ4v) is 4.38. The zero-order valence-corrected chi connectivity index (χ0v) is 17.8. The highest BCUT2D eigenvalue weighted by Gasteiger charge is 2.23. The van der Waals surface area contributed by atoms with E-state index in [9.17, 15) is 0 Å². The van der Waals surface area contributed by atoms with Crippen molar-refractivity contribution in [3.63, 3.8) is 0 Å². The molecule has 0 radical (unpaired) electrons. The summed E-state index contributed by atoms with van der Waals surface area (Å²) in [6.07, 6.45) is 0. The molecule has 0 aliphatic heterocycles. The Morgan fingerprint density at radius 2 is 1.58 bits per heavy atom. The second kappa shape index (κ2) is 8.20. The summed E-state index contributed by atoms with van der Waals surface area (Å²) in [6.45, 7) is 0.659. The van der Waals surface area contributed by atoms with Crippen molar-refractivity contribution < 1.29 is 0 Å². The van der Waals surface area contributed by atoms with Crippen molar-refractivity contribution in [2.24, 2.45) is 0 Å². The molecule has 2 N–H and O–H groups in total. The number of hydrogen-bond donors (Lipinski definition) is 2. The number of para-hydroxylation sites is 1. The minimum absolute atomic E-state index is 0.0870. The molecule has 160 valence electrons. The van der Waals surface area contributed by atoms with Gasteiger partial charge in [-0.1, -0.05) is 78.9 Å². The standard InChI is InChI=1S/C26H21N7/c1-3-9-18(10-4-1)21(17-27-23-15-16-24-29-31-32-33(24)30-23)25-20-13-7-8-14-22(20)28-26(25)19-11-5-2-6-12-19/h1-16,21,28H,17H2,(H,27,30)/t21-/m0/s1. The van der Waals surface area contributed by atoms with E-state index in [-0.39, 0.29) is 5.92 Å². The Hall–Kier alpha value is -4.52. The lowest BCUT2D eigenvalue weighted by Gasteiger charge is -2.20. The first kappa shape index (κ1) is 19.2. The van der Waals surface area contributed by atoms with E-state index < -0.39 is 0 Å². The van der Waals surface area contributed by atoms with Gasteiger partial charge in [-0.3, -0.25) is 0 Å². The van der Waals surface area contributed by atoms with Crippen LogP contribution in [0.4, 0.5) is 5.82 Å². The summed E-state index contributed by atoms with van der Waals surface area (Å²) in [5.74, 6) is 0.806. The van der Waals surface area contributed by atoms with Gasteiger partial charge in [-0.15, -0.1) is 14.8 Å². The van der Waals surface area contributed by atoms with Crippen LogP contribution in [0.3, 0.4) is 0 Å². The second-order valence-corrected chi connectivity index (χ2v) is 7.91. The number of anilines is 1. The van der Waals surface area contributed by atoms with Crippen LogP contribution in [0.2, 0.25) is 0 Å². The van der Waals surface area contributed by atoms with E-state index >= 15 is 0 Å². The van der Waals surface area contributed by atoms with Gasteiger partial charge in [0.15, 0.2) is 5.65 Å². The molecule has 7 heteroatoms. The predicted molar refractivity (Wildman–Crippen MR) is 129 cm³/mol. The Labute approximate surface area is 190 Å². The molecule has 0 aliphatic rings. The topological polar surface area (TPSA) is 83.8 Å². The van der Waals surface area contributed by atoms with Gasteiger partial charge in [-0.25, -0.2) is 0 Å². The van der Waals surface area contributed by atoms with Gasteiger partial charge in [0.2, 0.25) is 0 Å². The fourth-order valence-electron chi connectivity index (χ4n) is 4.38. The highest BCUT2D eigenvalue weighted by atomic mass is 15.6. The van der Waals surface area contributed by atoms with Crippen molar-refractivity contribution in [2.45, 2.75) is 5.92 Å². The Morgan fingerprint density at radius 1 is 0.818 bits per heavy atom. The Morgan fingerprint density at radius 3 is 2.42 bits per heavy atom. The minimum atomic E-state index is 0.0870. The first-order chi connectivity index (χ1) is 16.4. The predicted octanol–water partition coefficient (Wildman–Crippen LogP) is 4.91. The molecule has 0 spiro atoms. The summed E-state index contributed by atoms with van der Waals surface area (Å²) in [5.41, 5.74) is 6.53. The van der Waals surface area contributed by atoms with Crippen molar-refractivity contribution >= 4 is 22.4 Å². The van der Waals surface area contributed by atoms with Crippen LogP contribution in [0.1, 0.15) is 17.0 Å². The van der Waals surface area contributed by atoms with Crippen LogP contribution in [0.25, 0.3) is 27.8 Å². The number of H-pyrrole nitrogens is 1. The van der Waals surface area contributed by atoms with Crippen LogP contribution in [0.15, 0.2) is 97.1 Å². The molecule has 0 amide bonds. The fraction of sp³-hybridized carbons (Fsp3) is 0.0769. The van der Waals surface area contributed by atoms with E-state index in [4.69, 9.17) is 0 Å². The van der Waals surface area contributed by atoms with Gasteiger partial charge >= 0.3 is 0 Å². The monoisotopic (exact) mass is 431 g/mol. The molecule has 0 bridgehead atoms. The molecular weight excluding hydrogens is 410 g/mol. The number of nitrogens with one attached hydrogen (secondary N) is 2. The van der Waals surface area contributed by atoms with Gasteiger partial charge in [0.25, 0.3) is 0 Å². The largest absolute Gasteiger partial charge is 0.368 e. The minimum Gasteiger partial charge on any atom is -0.368 e. The highest BCUT2D eigenvalue weighted by Crippen LogP contribution is 2.38. The number of fused-ring (bicyclic) bond motifs is 2. The van der Waals surface area contributed by atoms with E-state index in [0.29, 0.717) is 12.2 Å². The number of tetrazole rings is 1. The number of rotatable bonds is 6. The zero-order chi connectivity index (χ0) is 22.0. The lowest BCUT2D eigenvalue weighted by Crippen LogP contribution is -2.16. The van der Waals surface area contributed by atoms with Crippen LogP contribution in [-0.2, 0) is 0 Å². The lowest BCUT2D eigenvalue weighted by molar-refractivity contribution is 0.731. The van der Waals surface area contributed by atoms with Crippen LogP contribution in [0, 0.1) is 0 Å². The van der Waals surface area contributed by atoms with Crippen molar-refractivity contribution in [2.75, 3.05) is 11.9 Å². The Kier molecular flexibility index (Phi) is 4.77. The molecule has 1 atom stereocenters. The van der Waals surface area contributed by atoms with Gasteiger partial charge in [0, 0.05) is 23.4 Å². The Bertz CT molecular complexity index is 1520. The van der Waals surface area contributed by atoms with E-state index in [0.717, 1.165) is 22.6 Å². The molecule has 3 heterocycles. The van der Waals surface area contributed by atoms with Crippen molar-refractivity contribution in [3.8, 4) is 11.3 Å². The second-order valence-electron chi connectivity index (χ2n) is 7.91. The summed E-state index contributed by atoms with van der Waals surface area (Å²) in [7, 11) is 0. The molecular formula is C26H21N7. The van der Waals surface area contributed by atoms with Crippen molar-refractivity contribution in [3.05, 3.63) is 108 Å². The van der Waals surface area contributed by atoms with Crippen molar-refractivity contribution in [1.82, 2.24) is 30.2 Å². The third kappa shape index (κ3) is 3.59. The number of hydrogen-bond acceptors (Lipinski definition) is 5. The molecule has 7 nitrogen and oxygen atoms in total. The van der Waals surface area contributed by atoms with Gasteiger partial charge in [-0.2, -0.15) is 0 Å². The Balaban J connectivity index is 1.47. The zero-order valence-electron chi connectivity index (χ0n) is 17.8. The molecule has 0 aliphatic carbocycles. The third-order valence-electron chi connectivity index (χ3n) is 5.92. The maximum atomic E-state index is 4.49. The SMILES string of the molecule is c1ccc(-c2[nH]c3ccccc3c2[C@@H](CNc2ccc3nnnn3n2)c2ccccc2)cc1. The molecule has 6 rings (SSSR count). The molecule has 0 unspecified atom stereocenters. The first-order valence-electron chi connectivity index (χ1n) is 10.9. The smallest absolute Gasteiger partial charge is 0.200 e. The summed E-state index contributed by atoms with van der Waals surface area (Å²) < 4.78 is 1.43. The number of nitrogens with zero attached hydrogens (tertiary/aromatic N) is 5. The maximum absolute atomic E-state index is 4.49. The molecule has 0 saturated heterocycles. The average molecular weight is 432 g/mol. The third-order valence-corrected chi connectivity index (χ3v) is 5.92.